The summed E-state index contributed by atoms with van der Waals surface area (Å²) in [5.41, 5.74) is 1.13. The number of carboxylic acids is 2. The number of cyclic esters (lactones) is 1. The van der Waals surface area contributed by atoms with Gasteiger partial charge in [-0.15, -0.1) is 0 Å². The molecule has 77 heavy (non-hydrogen) atoms. The van der Waals surface area contributed by atoms with Crippen LogP contribution in [0.25, 0.3) is 0 Å². The average Bonchev–Trinajstić information content (AvgIpc) is 3.37. The third kappa shape index (κ3) is 17.7. The van der Waals surface area contributed by atoms with Crippen LogP contribution in [0.4, 0.5) is 0 Å². The Bertz CT molecular complexity index is 2440. The molecule has 2 aromatic rings. The van der Waals surface area contributed by atoms with Crippen LogP contribution < -0.4 is 31.9 Å². The summed E-state index contributed by atoms with van der Waals surface area (Å²) in [5.74, 6) is -12.6. The number of nitrogens with one attached hydrogen (secondary N) is 6. The van der Waals surface area contributed by atoms with Gasteiger partial charge in [0.2, 0.25) is 47.3 Å². The average molecular weight is 1080 g/mol. The third-order valence-electron chi connectivity index (χ3n) is 13.7. The van der Waals surface area contributed by atoms with E-state index in [9.17, 15) is 73.2 Å². The molecule has 10 N–H and O–H groups in total. The second-order valence-electron chi connectivity index (χ2n) is 19.9. The number of aliphatic carboxylic acids is 2. The summed E-state index contributed by atoms with van der Waals surface area (Å²) in [5, 5.41) is 55.9. The predicted octanol–water partition coefficient (Wildman–Crippen LogP) is 0.400. The second kappa shape index (κ2) is 29.0. The molecule has 0 aromatic heterocycles. The molecule has 24 nitrogen and oxygen atoms in total. The van der Waals surface area contributed by atoms with Crippen molar-refractivity contribution < 1.29 is 77.9 Å². The van der Waals surface area contributed by atoms with Crippen LogP contribution >= 0.6 is 0 Å². The molecule has 0 aliphatic carbocycles. The van der Waals surface area contributed by atoms with Gasteiger partial charge < -0.3 is 66.9 Å². The first-order valence-electron chi connectivity index (χ1n) is 25.9. The highest BCUT2D eigenvalue weighted by molar-refractivity contribution is 5.98. The van der Waals surface area contributed by atoms with Gasteiger partial charge in [-0.25, -0.2) is 9.59 Å². The van der Waals surface area contributed by atoms with Crippen LogP contribution in [0.1, 0.15) is 110 Å². The van der Waals surface area contributed by atoms with Gasteiger partial charge >= 0.3 is 17.9 Å². The van der Waals surface area contributed by atoms with Crippen molar-refractivity contribution in [2.75, 3.05) is 7.05 Å². The van der Waals surface area contributed by atoms with Crippen molar-refractivity contribution in [2.24, 2.45) is 11.8 Å². The van der Waals surface area contributed by atoms with Gasteiger partial charge in [0.05, 0.1) is 0 Å². The van der Waals surface area contributed by atoms with E-state index in [1.807, 2.05) is 0 Å². The van der Waals surface area contributed by atoms with E-state index in [0.29, 0.717) is 17.5 Å². The van der Waals surface area contributed by atoms with Crippen LogP contribution in [-0.4, -0.2) is 163 Å². The molecule has 2 aromatic carbocycles. The summed E-state index contributed by atoms with van der Waals surface area (Å²) >= 11 is 0. The quantitative estimate of drug-likeness (QED) is 0.0803. The van der Waals surface area contributed by atoms with Crippen LogP contribution in [0, 0.1) is 11.8 Å². The van der Waals surface area contributed by atoms with Crippen LogP contribution in [0.2, 0.25) is 0 Å². The minimum absolute atomic E-state index is 0.0544. The molecule has 2 aliphatic heterocycles. The van der Waals surface area contributed by atoms with Crippen LogP contribution in [0.15, 0.2) is 54.6 Å². The number of hydrogen-bond acceptors (Lipinski definition) is 14. The first-order chi connectivity index (χ1) is 36.4. The molecule has 4 rings (SSSR count). The number of piperidine rings is 1. The Balaban J connectivity index is 1.74. The topological polar surface area (TPSA) is 357 Å². The van der Waals surface area contributed by atoms with Crippen molar-refractivity contribution in [1.82, 2.24) is 41.7 Å². The number of carboxylic acid groups (broad SMARTS) is 2. The molecule has 2 bridgehead atoms. The fourth-order valence-corrected chi connectivity index (χ4v) is 9.02. The molecule has 24 heteroatoms. The molecule has 0 spiro atoms. The zero-order valence-corrected chi connectivity index (χ0v) is 44.5. The van der Waals surface area contributed by atoms with Gasteiger partial charge in [0, 0.05) is 39.2 Å². The zero-order valence-electron chi connectivity index (χ0n) is 44.5. The maximum atomic E-state index is 14.7. The Morgan fingerprint density at radius 3 is 2.03 bits per heavy atom. The van der Waals surface area contributed by atoms with Gasteiger partial charge in [0.1, 0.15) is 66.4 Å². The normalized spacial score (nSPS) is 24.1. The summed E-state index contributed by atoms with van der Waals surface area (Å²) in [4.78, 5) is 153. The Morgan fingerprint density at radius 1 is 0.766 bits per heavy atom. The van der Waals surface area contributed by atoms with E-state index >= 15 is 0 Å². The van der Waals surface area contributed by atoms with Gasteiger partial charge in [0.15, 0.2) is 0 Å². The monoisotopic (exact) mass is 1080 g/mol. The summed E-state index contributed by atoms with van der Waals surface area (Å²) in [6, 6.07) is 2.15. The second-order valence-corrected chi connectivity index (χ2v) is 19.9. The van der Waals surface area contributed by atoms with Crippen molar-refractivity contribution in [3.63, 3.8) is 0 Å². The molecular formula is C53H74N8O16. The third-order valence-corrected chi connectivity index (χ3v) is 13.7. The predicted molar refractivity (Wildman–Crippen MR) is 274 cm³/mol. The Morgan fingerprint density at radius 2 is 1.43 bits per heavy atom. The van der Waals surface area contributed by atoms with Crippen molar-refractivity contribution in [3.05, 3.63) is 65.7 Å². The lowest BCUT2D eigenvalue weighted by atomic mass is 9.93. The van der Waals surface area contributed by atoms with Gasteiger partial charge in [-0.1, -0.05) is 83.5 Å². The van der Waals surface area contributed by atoms with Crippen molar-refractivity contribution >= 4 is 65.2 Å². The van der Waals surface area contributed by atoms with E-state index in [0.717, 1.165) is 9.80 Å². The van der Waals surface area contributed by atoms with E-state index in [4.69, 9.17) is 4.74 Å². The summed E-state index contributed by atoms with van der Waals surface area (Å²) < 4.78 is 5.84. The molecule has 2 aliphatic rings. The Labute approximate surface area is 446 Å². The van der Waals surface area contributed by atoms with Gasteiger partial charge in [0.25, 0.3) is 0 Å². The number of ether oxygens (including phenoxy) is 1. The minimum Gasteiger partial charge on any atom is -0.508 e. The molecule has 11 atom stereocenters. The maximum absolute atomic E-state index is 14.7. The lowest BCUT2D eigenvalue weighted by Crippen LogP contribution is -2.66. The highest BCUT2D eigenvalue weighted by Gasteiger charge is 2.47. The standard InChI is InChI=1S/C53H74N8O16/c1-8-13-39(63)54-37(26-32-16-18-33(62)19-17-32)47(69)57-36(52(74)75)20-23-40(64)58-44-30(6)77-53(76)43(29(5)9-2)59-48(70)38(27-31-14-11-10-12-15-31)60(7)51(73)45(28(3)4)61-41(65)24-21-35(50(61)72)56-46(68)34(55-49(44)71)22-25-42(66)67/h10-12,14-19,28-30,34-38,41,43-45,62,65H,8-9,13,20-27H2,1-7H3,(H,54,63)(H,55,71)(H,56,68)(H,57,69)(H,58,64)(H,59,70)(H,66,67)(H,74,75)/t29-,30+,34-,35-,36-,37-,38-,41+,43-,44-,45-/m0/s1. The molecule has 2 heterocycles. The fraction of sp³-hybridized carbons (Fsp3) is 0.566. The van der Waals surface area contributed by atoms with Gasteiger partial charge in [-0.2, -0.15) is 0 Å². The number of aliphatic hydroxyl groups excluding tert-OH is 1. The molecule has 0 unspecified atom stereocenters. The number of phenols is 1. The van der Waals surface area contributed by atoms with Crippen molar-refractivity contribution in [1.29, 1.82) is 0 Å². The number of carbonyl (C=O) groups excluding carboxylic acids is 9. The number of aliphatic hydroxyl groups is 1. The van der Waals surface area contributed by atoms with Gasteiger partial charge in [-0.05, 0) is 74.1 Å². The fourth-order valence-electron chi connectivity index (χ4n) is 9.02. The maximum Gasteiger partial charge on any atom is 0.329 e. The van der Waals surface area contributed by atoms with E-state index in [1.54, 1.807) is 65.0 Å². The summed E-state index contributed by atoms with van der Waals surface area (Å²) in [6.07, 6.45) is -5.40. The number of esters is 1. The Hall–Kier alpha value is -7.63. The van der Waals surface area contributed by atoms with E-state index in [-0.39, 0.29) is 44.3 Å². The van der Waals surface area contributed by atoms with Crippen LogP contribution in [0.5, 0.6) is 5.75 Å². The van der Waals surface area contributed by atoms with E-state index in [2.05, 4.69) is 31.9 Å². The molecule has 2 saturated heterocycles. The number of rotatable bonds is 20. The molecule has 422 valence electrons. The van der Waals surface area contributed by atoms with Crippen LogP contribution in [-0.2, 0) is 70.3 Å². The lowest BCUT2D eigenvalue weighted by Gasteiger charge is -2.44. The smallest absolute Gasteiger partial charge is 0.329 e. The number of benzene rings is 2. The zero-order chi connectivity index (χ0) is 57.3. The number of hydrogen-bond donors (Lipinski definition) is 10. The van der Waals surface area contributed by atoms with Crippen molar-refractivity contribution in [3.8, 4) is 5.75 Å². The van der Waals surface area contributed by atoms with E-state index < -0.39 is 163 Å². The number of aromatic hydroxyl groups is 1. The van der Waals surface area contributed by atoms with E-state index in [1.165, 1.54) is 38.2 Å². The highest BCUT2D eigenvalue weighted by atomic mass is 16.5. The number of phenolic OH excluding ortho intramolecular Hbond substituents is 1. The summed E-state index contributed by atoms with van der Waals surface area (Å²) in [6.45, 7) is 9.57. The Kier molecular flexibility index (Phi) is 23.4. The molecule has 8 amide bonds. The number of fused-ring (bicyclic) bond motifs is 2. The molecular weight excluding hydrogens is 1000 g/mol. The van der Waals surface area contributed by atoms with Gasteiger partial charge in [-0.3, -0.25) is 43.2 Å². The first kappa shape index (κ1) is 61.9. The minimum atomic E-state index is -1.91. The van der Waals surface area contributed by atoms with Crippen molar-refractivity contribution in [2.45, 2.75) is 173 Å². The SMILES string of the molecule is CCCC(=O)N[C@@H](Cc1ccc(O)cc1)C(=O)N[C@@H](CCC(=O)N[C@@H]1C(=O)N[C@@H](CCC(=O)O)C(=O)N[C@H]2CC[C@@H](O)N(C2=O)[C@@H](C(C)C)C(=O)N(C)[C@@H](Cc2ccccc2)C(=O)N[C@@H]([C@@H](C)CC)C(=O)O[C@@H]1C)C(=O)O. The number of carbonyl (C=O) groups is 11. The number of nitrogens with zero attached hydrogens (tertiary/aromatic N) is 2. The largest absolute Gasteiger partial charge is 0.508 e. The molecule has 0 saturated carbocycles. The lowest BCUT2D eigenvalue weighted by molar-refractivity contribution is -0.167. The molecule has 0 radical (unpaired) electrons. The first-order valence-corrected chi connectivity index (χ1v) is 25.9. The highest BCUT2D eigenvalue weighted by Crippen LogP contribution is 2.27. The van der Waals surface area contributed by atoms with Crippen LogP contribution in [0.3, 0.4) is 0 Å². The summed E-state index contributed by atoms with van der Waals surface area (Å²) in [7, 11) is 1.35. The number of likely N-dealkylation sites (N-methyl/N-ethyl adjacent to an activating group) is 1. The molecule has 2 fully saturated rings. The number of amides is 8.